The van der Waals surface area contributed by atoms with Crippen LogP contribution in [0, 0.1) is 0 Å². The zero-order valence-corrected chi connectivity index (χ0v) is 14.8. The van der Waals surface area contributed by atoms with Crippen molar-refractivity contribution in [2.24, 2.45) is 0 Å². The van der Waals surface area contributed by atoms with E-state index in [4.69, 9.17) is 14.5 Å². The quantitative estimate of drug-likeness (QED) is 0.741. The highest BCUT2D eigenvalue weighted by Gasteiger charge is 2.21. The maximum atomic E-state index is 5.95. The molecule has 1 aromatic carbocycles. The van der Waals surface area contributed by atoms with Gasteiger partial charge in [-0.15, -0.1) is 0 Å². The Morgan fingerprint density at radius 1 is 1.23 bits per heavy atom. The predicted molar refractivity (Wildman–Crippen MR) is 98.7 cm³/mol. The Kier molecular flexibility index (Phi) is 4.95. The standard InChI is InChI=1S/C20H22N4O2/c1-25-20-8-7-15(10-22-20)9-21-11-17-12-24-13-18(23-19(24)14-26-17)16-5-3-2-4-6-16/h2-8,10,13,17,21H,9,11-12,14H2,1H3/t17-/m0/s1. The number of ether oxygens (including phenoxy) is 2. The van der Waals surface area contributed by atoms with Gasteiger partial charge in [0.05, 0.1) is 25.5 Å². The summed E-state index contributed by atoms with van der Waals surface area (Å²) in [6.07, 6.45) is 4.08. The van der Waals surface area contributed by atoms with E-state index in [0.717, 1.165) is 42.3 Å². The van der Waals surface area contributed by atoms with Gasteiger partial charge in [-0.3, -0.25) is 0 Å². The first kappa shape index (κ1) is 16.8. The molecule has 3 heterocycles. The fourth-order valence-electron chi connectivity index (χ4n) is 3.08. The van der Waals surface area contributed by atoms with Gasteiger partial charge < -0.3 is 19.4 Å². The fourth-order valence-corrected chi connectivity index (χ4v) is 3.08. The van der Waals surface area contributed by atoms with Crippen LogP contribution in [0.4, 0.5) is 0 Å². The van der Waals surface area contributed by atoms with Crippen molar-refractivity contribution in [2.75, 3.05) is 13.7 Å². The summed E-state index contributed by atoms with van der Waals surface area (Å²) >= 11 is 0. The van der Waals surface area contributed by atoms with Crippen LogP contribution in [0.25, 0.3) is 11.3 Å². The summed E-state index contributed by atoms with van der Waals surface area (Å²) in [4.78, 5) is 8.92. The van der Waals surface area contributed by atoms with E-state index in [1.54, 1.807) is 7.11 Å². The van der Waals surface area contributed by atoms with Crippen LogP contribution in [-0.2, 0) is 24.4 Å². The number of nitrogens with one attached hydrogen (secondary N) is 1. The van der Waals surface area contributed by atoms with E-state index >= 15 is 0 Å². The SMILES string of the molecule is COc1ccc(CNC[C@H]2Cn3cc(-c4ccccc4)nc3CO2)cn1. The monoisotopic (exact) mass is 350 g/mol. The largest absolute Gasteiger partial charge is 0.481 e. The lowest BCUT2D eigenvalue weighted by molar-refractivity contribution is 0.00278. The van der Waals surface area contributed by atoms with E-state index in [9.17, 15) is 0 Å². The third kappa shape index (κ3) is 3.76. The first-order valence-electron chi connectivity index (χ1n) is 8.74. The average molecular weight is 350 g/mol. The van der Waals surface area contributed by atoms with Crippen LogP contribution in [0.2, 0.25) is 0 Å². The molecule has 0 amide bonds. The highest BCUT2D eigenvalue weighted by molar-refractivity contribution is 5.58. The molecule has 3 aromatic rings. The van der Waals surface area contributed by atoms with Gasteiger partial charge in [-0.05, 0) is 5.56 Å². The second-order valence-electron chi connectivity index (χ2n) is 6.33. The van der Waals surface area contributed by atoms with Gasteiger partial charge in [-0.25, -0.2) is 9.97 Å². The molecule has 0 fully saturated rings. The highest BCUT2D eigenvalue weighted by atomic mass is 16.5. The average Bonchev–Trinajstić information content (AvgIpc) is 3.13. The van der Waals surface area contributed by atoms with E-state index in [-0.39, 0.29) is 6.10 Å². The van der Waals surface area contributed by atoms with Gasteiger partial charge in [0.25, 0.3) is 0 Å². The van der Waals surface area contributed by atoms with E-state index < -0.39 is 0 Å². The number of aromatic nitrogens is 3. The Labute approximate surface area is 152 Å². The number of methoxy groups -OCH3 is 1. The van der Waals surface area contributed by atoms with Crippen molar-refractivity contribution < 1.29 is 9.47 Å². The molecule has 0 aliphatic carbocycles. The van der Waals surface area contributed by atoms with Crippen molar-refractivity contribution in [1.29, 1.82) is 0 Å². The maximum Gasteiger partial charge on any atom is 0.212 e. The predicted octanol–water partition coefficient (Wildman–Crippen LogP) is 2.64. The molecule has 0 unspecified atom stereocenters. The van der Waals surface area contributed by atoms with Crippen molar-refractivity contribution in [2.45, 2.75) is 25.8 Å². The summed E-state index contributed by atoms with van der Waals surface area (Å²) in [6, 6.07) is 14.1. The molecule has 1 aliphatic rings. The second kappa shape index (κ2) is 7.68. The lowest BCUT2D eigenvalue weighted by Crippen LogP contribution is -2.35. The van der Waals surface area contributed by atoms with Crippen LogP contribution >= 0.6 is 0 Å². The van der Waals surface area contributed by atoms with Crippen molar-refractivity contribution >= 4 is 0 Å². The number of imidazole rings is 1. The zero-order valence-electron chi connectivity index (χ0n) is 14.8. The summed E-state index contributed by atoms with van der Waals surface area (Å²) in [5, 5.41) is 3.44. The smallest absolute Gasteiger partial charge is 0.212 e. The van der Waals surface area contributed by atoms with Crippen molar-refractivity contribution in [3.8, 4) is 17.1 Å². The third-order valence-electron chi connectivity index (χ3n) is 4.49. The van der Waals surface area contributed by atoms with Crippen LogP contribution in [0.3, 0.4) is 0 Å². The summed E-state index contributed by atoms with van der Waals surface area (Å²) in [5.74, 6) is 1.62. The van der Waals surface area contributed by atoms with Gasteiger partial charge in [-0.2, -0.15) is 0 Å². The van der Waals surface area contributed by atoms with Gasteiger partial charge in [0.2, 0.25) is 5.88 Å². The van der Waals surface area contributed by atoms with Crippen LogP contribution in [0.5, 0.6) is 5.88 Å². The van der Waals surface area contributed by atoms with Crippen LogP contribution in [-0.4, -0.2) is 34.3 Å². The molecule has 6 heteroatoms. The number of pyridine rings is 1. The second-order valence-corrected chi connectivity index (χ2v) is 6.33. The number of hydrogen-bond donors (Lipinski definition) is 1. The molecule has 0 saturated heterocycles. The molecular formula is C20H22N4O2. The lowest BCUT2D eigenvalue weighted by atomic mass is 10.2. The number of fused-ring (bicyclic) bond motifs is 1. The maximum absolute atomic E-state index is 5.95. The summed E-state index contributed by atoms with van der Waals surface area (Å²) in [7, 11) is 1.62. The molecule has 134 valence electrons. The Bertz CT molecular complexity index is 846. The molecule has 6 nitrogen and oxygen atoms in total. The minimum atomic E-state index is 0.131. The molecule has 2 aromatic heterocycles. The number of hydrogen-bond acceptors (Lipinski definition) is 5. The molecule has 1 aliphatic heterocycles. The van der Waals surface area contributed by atoms with Crippen LogP contribution in [0.1, 0.15) is 11.4 Å². The van der Waals surface area contributed by atoms with E-state index in [2.05, 4.69) is 33.2 Å². The van der Waals surface area contributed by atoms with E-state index in [1.165, 1.54) is 0 Å². The molecule has 0 radical (unpaired) electrons. The third-order valence-corrected chi connectivity index (χ3v) is 4.49. The van der Waals surface area contributed by atoms with Gasteiger partial charge >= 0.3 is 0 Å². The Morgan fingerprint density at radius 3 is 2.88 bits per heavy atom. The topological polar surface area (TPSA) is 61.2 Å². The molecular weight excluding hydrogens is 328 g/mol. The first-order valence-corrected chi connectivity index (χ1v) is 8.74. The minimum Gasteiger partial charge on any atom is -0.481 e. The summed E-state index contributed by atoms with van der Waals surface area (Å²) in [5.41, 5.74) is 3.26. The van der Waals surface area contributed by atoms with Gasteiger partial charge in [0, 0.05) is 37.1 Å². The van der Waals surface area contributed by atoms with Gasteiger partial charge in [-0.1, -0.05) is 36.4 Å². The molecule has 1 N–H and O–H groups in total. The summed E-state index contributed by atoms with van der Waals surface area (Å²) < 4.78 is 13.2. The number of nitrogens with zero attached hydrogens (tertiary/aromatic N) is 3. The molecule has 26 heavy (non-hydrogen) atoms. The molecule has 1 atom stereocenters. The van der Waals surface area contributed by atoms with Crippen molar-refractivity contribution in [1.82, 2.24) is 19.9 Å². The minimum absolute atomic E-state index is 0.131. The van der Waals surface area contributed by atoms with Crippen molar-refractivity contribution in [3.05, 3.63) is 66.2 Å². The first-order chi connectivity index (χ1) is 12.8. The Morgan fingerprint density at radius 2 is 2.12 bits per heavy atom. The van der Waals surface area contributed by atoms with Crippen LogP contribution < -0.4 is 10.1 Å². The number of rotatable bonds is 6. The van der Waals surface area contributed by atoms with Gasteiger partial charge in [0.1, 0.15) is 12.4 Å². The Hall–Kier alpha value is -2.70. The highest BCUT2D eigenvalue weighted by Crippen LogP contribution is 2.22. The van der Waals surface area contributed by atoms with E-state index in [1.807, 2.05) is 36.5 Å². The number of benzene rings is 1. The Balaban J connectivity index is 1.32. The molecule has 0 bridgehead atoms. The van der Waals surface area contributed by atoms with Gasteiger partial charge in [0.15, 0.2) is 0 Å². The molecule has 0 saturated carbocycles. The van der Waals surface area contributed by atoms with Crippen LogP contribution in [0.15, 0.2) is 54.9 Å². The normalized spacial score (nSPS) is 16.3. The zero-order chi connectivity index (χ0) is 17.8. The molecule has 0 spiro atoms. The summed E-state index contributed by atoms with van der Waals surface area (Å²) in [6.45, 7) is 2.89. The van der Waals surface area contributed by atoms with Crippen molar-refractivity contribution in [3.63, 3.8) is 0 Å². The van der Waals surface area contributed by atoms with E-state index in [0.29, 0.717) is 12.5 Å². The fraction of sp³-hybridized carbons (Fsp3) is 0.300. The lowest BCUT2D eigenvalue weighted by Gasteiger charge is -2.24. The molecule has 4 rings (SSSR count).